The normalized spacial score (nSPS) is 10.3. The maximum absolute atomic E-state index is 12.4. The van der Waals surface area contributed by atoms with E-state index in [1.54, 1.807) is 36.4 Å². The lowest BCUT2D eigenvalue weighted by Gasteiger charge is -2.09. The van der Waals surface area contributed by atoms with Crippen molar-refractivity contribution < 1.29 is 9.90 Å². The molecule has 0 aliphatic rings. The van der Waals surface area contributed by atoms with Crippen LogP contribution in [-0.4, -0.2) is 10.9 Å². The standard InChI is InChI=1S/C15H15NO2/c1-9-7-13(17)8-10(2)14(9)15(18)11-3-5-12(16)6-4-11/h3-8,17H,16H2,1-2H3. The van der Waals surface area contributed by atoms with Crippen LogP contribution >= 0.6 is 0 Å². The van der Waals surface area contributed by atoms with Crippen molar-refractivity contribution in [3.8, 4) is 5.75 Å². The van der Waals surface area contributed by atoms with Gasteiger partial charge in [0.05, 0.1) is 0 Å². The quantitative estimate of drug-likeness (QED) is 0.627. The molecule has 92 valence electrons. The number of rotatable bonds is 2. The van der Waals surface area contributed by atoms with Gasteiger partial charge >= 0.3 is 0 Å². The molecule has 0 saturated carbocycles. The van der Waals surface area contributed by atoms with Crippen molar-refractivity contribution in [2.75, 3.05) is 5.73 Å². The Morgan fingerprint density at radius 1 is 1.06 bits per heavy atom. The second-order valence-electron chi connectivity index (χ2n) is 4.41. The van der Waals surface area contributed by atoms with Gasteiger partial charge in [0, 0.05) is 16.8 Å². The fraction of sp³-hybridized carbons (Fsp3) is 0.133. The SMILES string of the molecule is Cc1cc(O)cc(C)c1C(=O)c1ccc(N)cc1. The molecule has 3 heteroatoms. The topological polar surface area (TPSA) is 63.3 Å². The van der Waals surface area contributed by atoms with E-state index in [0.717, 1.165) is 11.1 Å². The Kier molecular flexibility index (Phi) is 3.06. The van der Waals surface area contributed by atoms with Crippen molar-refractivity contribution in [3.05, 3.63) is 58.7 Å². The third-order valence-electron chi connectivity index (χ3n) is 2.92. The summed E-state index contributed by atoms with van der Waals surface area (Å²) in [6.07, 6.45) is 0. The Balaban J connectivity index is 2.49. The number of phenols is 1. The molecular formula is C15H15NO2. The fourth-order valence-electron chi connectivity index (χ4n) is 2.08. The van der Waals surface area contributed by atoms with Gasteiger partial charge in [0.15, 0.2) is 5.78 Å². The number of anilines is 1. The summed E-state index contributed by atoms with van der Waals surface area (Å²) in [7, 11) is 0. The summed E-state index contributed by atoms with van der Waals surface area (Å²) < 4.78 is 0. The third-order valence-corrected chi connectivity index (χ3v) is 2.92. The van der Waals surface area contributed by atoms with Gasteiger partial charge < -0.3 is 10.8 Å². The molecule has 0 saturated heterocycles. The Morgan fingerprint density at radius 3 is 2.06 bits per heavy atom. The first-order valence-electron chi connectivity index (χ1n) is 5.69. The van der Waals surface area contributed by atoms with Gasteiger partial charge in [-0.2, -0.15) is 0 Å². The van der Waals surface area contributed by atoms with Crippen molar-refractivity contribution in [3.63, 3.8) is 0 Å². The number of aryl methyl sites for hydroxylation is 2. The number of nitrogen functional groups attached to an aromatic ring is 1. The van der Waals surface area contributed by atoms with Crippen LogP contribution in [0, 0.1) is 13.8 Å². The summed E-state index contributed by atoms with van der Waals surface area (Å²) in [6, 6.07) is 10.0. The predicted molar refractivity (Wildman–Crippen MR) is 71.9 cm³/mol. The summed E-state index contributed by atoms with van der Waals surface area (Å²) in [4.78, 5) is 12.4. The van der Waals surface area contributed by atoms with Crippen LogP contribution in [0.25, 0.3) is 0 Å². The number of ketones is 1. The van der Waals surface area contributed by atoms with E-state index >= 15 is 0 Å². The first-order chi connectivity index (χ1) is 8.49. The smallest absolute Gasteiger partial charge is 0.193 e. The van der Waals surface area contributed by atoms with Crippen molar-refractivity contribution in [2.24, 2.45) is 0 Å². The van der Waals surface area contributed by atoms with Crippen LogP contribution in [0.3, 0.4) is 0 Å². The van der Waals surface area contributed by atoms with E-state index in [-0.39, 0.29) is 11.5 Å². The highest BCUT2D eigenvalue weighted by atomic mass is 16.3. The van der Waals surface area contributed by atoms with Gasteiger partial charge in [0.1, 0.15) is 5.75 Å². The second kappa shape index (κ2) is 4.53. The van der Waals surface area contributed by atoms with E-state index in [4.69, 9.17) is 5.73 Å². The van der Waals surface area contributed by atoms with Crippen LogP contribution in [0.1, 0.15) is 27.0 Å². The van der Waals surface area contributed by atoms with Crippen molar-refractivity contribution in [1.29, 1.82) is 0 Å². The number of phenolic OH excluding ortho intramolecular Hbond substituents is 1. The van der Waals surface area contributed by atoms with E-state index in [1.165, 1.54) is 0 Å². The van der Waals surface area contributed by atoms with Crippen molar-refractivity contribution in [1.82, 2.24) is 0 Å². The summed E-state index contributed by atoms with van der Waals surface area (Å²) in [5.74, 6) is 0.129. The van der Waals surface area contributed by atoms with Gasteiger partial charge in [-0.05, 0) is 61.4 Å². The van der Waals surface area contributed by atoms with Crippen LogP contribution in [0.2, 0.25) is 0 Å². The van der Waals surface area contributed by atoms with Gasteiger partial charge in [-0.3, -0.25) is 4.79 Å². The Bertz CT molecular complexity index is 577. The highest BCUT2D eigenvalue weighted by Gasteiger charge is 2.15. The van der Waals surface area contributed by atoms with Crippen LogP contribution in [-0.2, 0) is 0 Å². The number of hydrogen-bond donors (Lipinski definition) is 2. The molecule has 3 N–H and O–H groups in total. The monoisotopic (exact) mass is 241 g/mol. The summed E-state index contributed by atoms with van der Waals surface area (Å²) in [5, 5.41) is 9.48. The lowest BCUT2D eigenvalue weighted by molar-refractivity contribution is 0.103. The molecule has 2 rings (SSSR count). The van der Waals surface area contributed by atoms with E-state index in [0.29, 0.717) is 16.8 Å². The number of nitrogens with two attached hydrogens (primary N) is 1. The maximum Gasteiger partial charge on any atom is 0.193 e. The number of aromatic hydroxyl groups is 1. The zero-order valence-corrected chi connectivity index (χ0v) is 10.4. The van der Waals surface area contributed by atoms with Gasteiger partial charge in [0.2, 0.25) is 0 Å². The van der Waals surface area contributed by atoms with E-state index in [2.05, 4.69) is 0 Å². The largest absolute Gasteiger partial charge is 0.508 e. The van der Waals surface area contributed by atoms with Crippen molar-refractivity contribution in [2.45, 2.75) is 13.8 Å². The fourth-order valence-corrected chi connectivity index (χ4v) is 2.08. The molecule has 2 aromatic carbocycles. The minimum Gasteiger partial charge on any atom is -0.508 e. The van der Waals surface area contributed by atoms with Gasteiger partial charge in [-0.1, -0.05) is 0 Å². The highest BCUT2D eigenvalue weighted by Crippen LogP contribution is 2.23. The third kappa shape index (κ3) is 2.20. The first-order valence-corrected chi connectivity index (χ1v) is 5.69. The lowest BCUT2D eigenvalue weighted by Crippen LogP contribution is -2.06. The molecule has 0 aromatic heterocycles. The van der Waals surface area contributed by atoms with Crippen LogP contribution < -0.4 is 5.73 Å². The van der Waals surface area contributed by atoms with Gasteiger partial charge in [0.25, 0.3) is 0 Å². The lowest BCUT2D eigenvalue weighted by atomic mass is 9.94. The molecule has 0 aliphatic carbocycles. The Morgan fingerprint density at radius 2 is 1.56 bits per heavy atom. The zero-order chi connectivity index (χ0) is 13.3. The molecule has 3 nitrogen and oxygen atoms in total. The minimum atomic E-state index is -0.0509. The molecule has 0 aliphatic heterocycles. The first kappa shape index (κ1) is 12.2. The summed E-state index contributed by atoms with van der Waals surface area (Å²) >= 11 is 0. The molecule has 0 amide bonds. The van der Waals surface area contributed by atoms with Crippen LogP contribution in [0.15, 0.2) is 36.4 Å². The Labute approximate surface area is 106 Å². The van der Waals surface area contributed by atoms with E-state index in [1.807, 2.05) is 13.8 Å². The zero-order valence-electron chi connectivity index (χ0n) is 10.4. The van der Waals surface area contributed by atoms with Crippen LogP contribution in [0.5, 0.6) is 5.75 Å². The molecule has 0 unspecified atom stereocenters. The van der Waals surface area contributed by atoms with Gasteiger partial charge in [-0.15, -0.1) is 0 Å². The molecule has 0 bridgehead atoms. The predicted octanol–water partition coefficient (Wildman–Crippen LogP) is 2.82. The average molecular weight is 241 g/mol. The Hall–Kier alpha value is -2.29. The summed E-state index contributed by atoms with van der Waals surface area (Å²) in [5.41, 5.74) is 9.01. The van der Waals surface area contributed by atoms with E-state index in [9.17, 15) is 9.90 Å². The maximum atomic E-state index is 12.4. The molecule has 0 spiro atoms. The average Bonchev–Trinajstić information content (AvgIpc) is 2.28. The number of carbonyl (C=O) groups excluding carboxylic acids is 1. The molecule has 0 fully saturated rings. The van der Waals surface area contributed by atoms with Crippen molar-refractivity contribution >= 4 is 11.5 Å². The summed E-state index contributed by atoms with van der Waals surface area (Å²) in [6.45, 7) is 3.63. The molecule has 2 aromatic rings. The van der Waals surface area contributed by atoms with Crippen LogP contribution in [0.4, 0.5) is 5.69 Å². The van der Waals surface area contributed by atoms with E-state index < -0.39 is 0 Å². The number of hydrogen-bond acceptors (Lipinski definition) is 3. The van der Waals surface area contributed by atoms with Gasteiger partial charge in [-0.25, -0.2) is 0 Å². The molecule has 18 heavy (non-hydrogen) atoms. The minimum absolute atomic E-state index is 0.0509. The number of carbonyl (C=O) groups is 1. The molecular weight excluding hydrogens is 226 g/mol. The highest BCUT2D eigenvalue weighted by molar-refractivity contribution is 6.11. The molecule has 0 heterocycles. The molecule has 0 radical (unpaired) electrons. The molecule has 0 atom stereocenters. The second-order valence-corrected chi connectivity index (χ2v) is 4.41. The number of benzene rings is 2.